The Bertz CT molecular complexity index is 679. The molecule has 2 amide bonds. The summed E-state index contributed by atoms with van der Waals surface area (Å²) in [4.78, 5) is 26.8. The minimum absolute atomic E-state index is 0.346. The predicted octanol–water partition coefficient (Wildman–Crippen LogP) is 0.815. The first kappa shape index (κ1) is 12.7. The third-order valence-corrected chi connectivity index (χ3v) is 3.69. The molecule has 2 atom stereocenters. The van der Waals surface area contributed by atoms with E-state index in [1.807, 2.05) is 30.5 Å². The number of nitrogens with zero attached hydrogens (tertiary/aromatic N) is 1. The van der Waals surface area contributed by atoms with Gasteiger partial charge in [0.05, 0.1) is 0 Å². The molecule has 2 aromatic rings. The maximum atomic E-state index is 12.0. The van der Waals surface area contributed by atoms with Gasteiger partial charge in [0.25, 0.3) is 5.91 Å². The van der Waals surface area contributed by atoms with Crippen LogP contribution in [0.2, 0.25) is 0 Å². The van der Waals surface area contributed by atoms with Gasteiger partial charge in [0.2, 0.25) is 5.91 Å². The molecule has 0 spiro atoms. The number of aromatic nitrogens is 1. The highest BCUT2D eigenvalue weighted by Crippen LogP contribution is 2.20. The number of fused-ring (bicyclic) bond motifs is 1. The van der Waals surface area contributed by atoms with Gasteiger partial charge >= 0.3 is 0 Å². The van der Waals surface area contributed by atoms with Crippen molar-refractivity contribution in [1.82, 2.24) is 15.4 Å². The number of amides is 2. The van der Waals surface area contributed by atoms with Crippen molar-refractivity contribution in [2.75, 3.05) is 0 Å². The van der Waals surface area contributed by atoms with E-state index in [-0.39, 0.29) is 5.91 Å². The van der Waals surface area contributed by atoms with Crippen LogP contribution >= 0.6 is 0 Å². The van der Waals surface area contributed by atoms with Gasteiger partial charge in [-0.25, -0.2) is 5.06 Å². The van der Waals surface area contributed by atoms with E-state index in [0.29, 0.717) is 11.5 Å². The minimum atomic E-state index is -0.846. The van der Waals surface area contributed by atoms with E-state index >= 15 is 0 Å². The number of hydroxylamine groups is 2. The zero-order chi connectivity index (χ0) is 14.3. The number of carbonyl (C=O) groups is 2. The monoisotopic (exact) mass is 273 g/mol. The highest BCUT2D eigenvalue weighted by Gasteiger charge is 2.37. The lowest BCUT2D eigenvalue weighted by Crippen LogP contribution is -2.61. The number of H-pyrrole nitrogens is 1. The Balaban J connectivity index is 1.87. The van der Waals surface area contributed by atoms with Crippen LogP contribution in [-0.2, 0) is 16.0 Å². The molecule has 0 unspecified atom stereocenters. The fraction of sp³-hybridized carbons (Fsp3) is 0.286. The highest BCUT2D eigenvalue weighted by atomic mass is 16.5. The summed E-state index contributed by atoms with van der Waals surface area (Å²) in [5, 5.41) is 13.8. The molecule has 1 aliphatic heterocycles. The minimum Gasteiger partial charge on any atom is -0.361 e. The van der Waals surface area contributed by atoms with Crippen molar-refractivity contribution in [2.24, 2.45) is 0 Å². The Morgan fingerprint density at radius 3 is 2.85 bits per heavy atom. The van der Waals surface area contributed by atoms with Crippen molar-refractivity contribution < 1.29 is 14.8 Å². The van der Waals surface area contributed by atoms with Crippen molar-refractivity contribution in [3.8, 4) is 0 Å². The SMILES string of the molecule is C[C@H]1C(=O)N[C@@H](Cc2c[nH]c3ccccc23)C(=O)N1O. The van der Waals surface area contributed by atoms with E-state index in [4.69, 9.17) is 0 Å². The van der Waals surface area contributed by atoms with Crippen LogP contribution in [0.1, 0.15) is 12.5 Å². The van der Waals surface area contributed by atoms with Crippen LogP contribution in [-0.4, -0.2) is 39.2 Å². The van der Waals surface area contributed by atoms with Crippen molar-refractivity contribution in [3.63, 3.8) is 0 Å². The Kier molecular flexibility index (Phi) is 2.94. The number of hydrogen-bond donors (Lipinski definition) is 3. The molecule has 0 aliphatic carbocycles. The standard InChI is InChI=1S/C14H15N3O3/c1-8-13(18)16-12(14(19)17(8)20)6-9-7-15-11-5-3-2-4-10(9)11/h2-5,7-8,12,15,20H,6H2,1H3,(H,16,18)/t8-,12-/m0/s1. The van der Waals surface area contributed by atoms with E-state index in [1.54, 1.807) is 0 Å². The second-order valence-corrected chi connectivity index (χ2v) is 4.98. The molecule has 6 heteroatoms. The molecule has 3 rings (SSSR count). The summed E-state index contributed by atoms with van der Waals surface area (Å²) in [6.07, 6.45) is 2.17. The topological polar surface area (TPSA) is 85.4 Å². The zero-order valence-corrected chi connectivity index (χ0v) is 11.0. The summed E-state index contributed by atoms with van der Waals surface area (Å²) in [5.41, 5.74) is 1.91. The Morgan fingerprint density at radius 2 is 2.05 bits per heavy atom. The van der Waals surface area contributed by atoms with Crippen LogP contribution in [0.15, 0.2) is 30.5 Å². The lowest BCUT2D eigenvalue weighted by Gasteiger charge is -2.32. The van der Waals surface area contributed by atoms with Gasteiger partial charge in [-0.2, -0.15) is 0 Å². The molecular weight excluding hydrogens is 258 g/mol. The van der Waals surface area contributed by atoms with Crippen molar-refractivity contribution >= 4 is 22.7 Å². The molecule has 6 nitrogen and oxygen atoms in total. The molecule has 0 radical (unpaired) electrons. The van der Waals surface area contributed by atoms with Crippen LogP contribution in [0.25, 0.3) is 10.9 Å². The Hall–Kier alpha value is -2.34. The van der Waals surface area contributed by atoms with Gasteiger partial charge < -0.3 is 10.3 Å². The molecule has 0 saturated carbocycles. The second kappa shape index (κ2) is 4.64. The summed E-state index contributed by atoms with van der Waals surface area (Å²) >= 11 is 0. The van der Waals surface area contributed by atoms with Crippen LogP contribution in [0, 0.1) is 0 Å². The largest absolute Gasteiger partial charge is 0.361 e. The van der Waals surface area contributed by atoms with Crippen molar-refractivity contribution in [1.29, 1.82) is 0 Å². The fourth-order valence-electron chi connectivity index (χ4n) is 2.47. The number of para-hydroxylation sites is 1. The van der Waals surface area contributed by atoms with Crippen LogP contribution in [0.5, 0.6) is 0 Å². The molecule has 3 N–H and O–H groups in total. The van der Waals surface area contributed by atoms with Gasteiger partial charge in [-0.05, 0) is 18.6 Å². The zero-order valence-electron chi connectivity index (χ0n) is 11.0. The number of rotatable bonds is 2. The van der Waals surface area contributed by atoms with Gasteiger partial charge in [-0.15, -0.1) is 0 Å². The first-order chi connectivity index (χ1) is 9.58. The summed E-state index contributed by atoms with van der Waals surface area (Å²) in [5.74, 6) is -0.834. The van der Waals surface area contributed by atoms with Crippen LogP contribution in [0.4, 0.5) is 0 Å². The summed E-state index contributed by atoms with van der Waals surface area (Å²) in [6, 6.07) is 6.16. The maximum Gasteiger partial charge on any atom is 0.269 e. The van der Waals surface area contributed by atoms with Crippen molar-refractivity contribution in [2.45, 2.75) is 25.4 Å². The quantitative estimate of drug-likeness (QED) is 0.708. The molecule has 2 heterocycles. The number of hydrogen-bond acceptors (Lipinski definition) is 3. The smallest absolute Gasteiger partial charge is 0.269 e. The molecule has 0 bridgehead atoms. The molecule has 104 valence electrons. The predicted molar refractivity (Wildman–Crippen MR) is 72.0 cm³/mol. The molecule has 1 aliphatic rings. The number of aromatic amines is 1. The molecule has 1 aromatic heterocycles. The van der Waals surface area contributed by atoms with E-state index in [9.17, 15) is 14.8 Å². The first-order valence-corrected chi connectivity index (χ1v) is 6.45. The second-order valence-electron chi connectivity index (χ2n) is 4.98. The number of benzene rings is 1. The van der Waals surface area contributed by atoms with Gasteiger partial charge in [-0.1, -0.05) is 18.2 Å². The maximum absolute atomic E-state index is 12.0. The summed E-state index contributed by atoms with van der Waals surface area (Å²) in [6.45, 7) is 1.48. The normalized spacial score (nSPS) is 23.2. The number of nitrogens with one attached hydrogen (secondary N) is 2. The average molecular weight is 273 g/mol. The average Bonchev–Trinajstić information content (AvgIpc) is 2.86. The lowest BCUT2D eigenvalue weighted by molar-refractivity contribution is -0.187. The highest BCUT2D eigenvalue weighted by molar-refractivity contribution is 5.96. The Morgan fingerprint density at radius 1 is 1.30 bits per heavy atom. The molecule has 1 saturated heterocycles. The van der Waals surface area contributed by atoms with E-state index < -0.39 is 18.0 Å². The number of carbonyl (C=O) groups excluding carboxylic acids is 2. The number of piperazine rings is 1. The molecular formula is C14H15N3O3. The summed E-state index contributed by atoms with van der Waals surface area (Å²) < 4.78 is 0. The van der Waals surface area contributed by atoms with Crippen molar-refractivity contribution in [3.05, 3.63) is 36.0 Å². The van der Waals surface area contributed by atoms with Gasteiger partial charge in [0.1, 0.15) is 12.1 Å². The molecule has 1 aromatic carbocycles. The molecule has 1 fully saturated rings. The van der Waals surface area contributed by atoms with Gasteiger partial charge in [0.15, 0.2) is 0 Å². The fourth-order valence-corrected chi connectivity index (χ4v) is 2.47. The lowest BCUT2D eigenvalue weighted by atomic mass is 10.0. The van der Waals surface area contributed by atoms with E-state index in [2.05, 4.69) is 10.3 Å². The Labute approximate surface area is 115 Å². The van der Waals surface area contributed by atoms with Crippen LogP contribution < -0.4 is 5.32 Å². The van der Waals surface area contributed by atoms with Crippen LogP contribution in [0.3, 0.4) is 0 Å². The third kappa shape index (κ3) is 1.94. The van der Waals surface area contributed by atoms with E-state index in [0.717, 1.165) is 16.5 Å². The van der Waals surface area contributed by atoms with E-state index in [1.165, 1.54) is 6.92 Å². The molecule has 20 heavy (non-hydrogen) atoms. The van der Waals surface area contributed by atoms with Gasteiger partial charge in [-0.3, -0.25) is 14.8 Å². The summed E-state index contributed by atoms with van der Waals surface area (Å²) in [7, 11) is 0. The van der Waals surface area contributed by atoms with Gasteiger partial charge in [0, 0.05) is 23.5 Å². The first-order valence-electron chi connectivity index (χ1n) is 6.45. The third-order valence-electron chi connectivity index (χ3n) is 3.69.